The highest BCUT2D eigenvalue weighted by Crippen LogP contribution is 2.31. The van der Waals surface area contributed by atoms with Gasteiger partial charge in [-0.25, -0.2) is 0 Å². The Bertz CT molecular complexity index is 880. The minimum Gasteiger partial charge on any atom is -0.386 e. The first kappa shape index (κ1) is 20.4. The number of nitrogens with one attached hydrogen (secondary N) is 1. The molecule has 148 valence electrons. The molecule has 0 spiro atoms. The van der Waals surface area contributed by atoms with Crippen molar-refractivity contribution < 1.29 is 14.8 Å². The Labute approximate surface area is 172 Å². The van der Waals surface area contributed by atoms with Gasteiger partial charge in [0.25, 0.3) is 11.6 Å². The molecule has 1 unspecified atom stereocenters. The van der Waals surface area contributed by atoms with Crippen LogP contribution in [0.4, 0.5) is 11.4 Å². The number of rotatable bonds is 6. The third-order valence-electron chi connectivity index (χ3n) is 4.65. The third-order valence-corrected chi connectivity index (χ3v) is 5.31. The van der Waals surface area contributed by atoms with E-state index in [0.29, 0.717) is 34.4 Å². The van der Waals surface area contributed by atoms with Gasteiger partial charge in [-0.1, -0.05) is 29.3 Å². The number of hydrogen-bond acceptors (Lipinski definition) is 5. The van der Waals surface area contributed by atoms with Gasteiger partial charge in [0.05, 0.1) is 11.0 Å². The molecule has 1 aliphatic rings. The van der Waals surface area contributed by atoms with Crippen LogP contribution in [0.3, 0.4) is 0 Å². The zero-order valence-corrected chi connectivity index (χ0v) is 16.4. The van der Waals surface area contributed by atoms with Crippen molar-refractivity contribution in [1.82, 2.24) is 4.90 Å². The van der Waals surface area contributed by atoms with E-state index in [4.69, 9.17) is 23.2 Å². The van der Waals surface area contributed by atoms with Crippen LogP contribution in [-0.4, -0.2) is 40.5 Å². The predicted octanol–water partition coefficient (Wildman–Crippen LogP) is 4.28. The van der Waals surface area contributed by atoms with E-state index in [2.05, 4.69) is 5.32 Å². The first-order valence-corrected chi connectivity index (χ1v) is 9.57. The van der Waals surface area contributed by atoms with Crippen LogP contribution in [0.1, 0.15) is 34.9 Å². The molecule has 1 saturated heterocycles. The Hall–Kier alpha value is -2.35. The molecule has 2 aromatic rings. The molecule has 0 bridgehead atoms. The van der Waals surface area contributed by atoms with Crippen molar-refractivity contribution in [1.29, 1.82) is 0 Å². The maximum Gasteiger partial charge on any atom is 0.282 e. The topological polar surface area (TPSA) is 95.7 Å². The molecule has 0 aromatic heterocycles. The van der Waals surface area contributed by atoms with Crippen LogP contribution in [-0.2, 0) is 0 Å². The summed E-state index contributed by atoms with van der Waals surface area (Å²) in [5.41, 5.74) is 0.670. The molecule has 2 aromatic carbocycles. The van der Waals surface area contributed by atoms with Crippen LogP contribution in [0.25, 0.3) is 0 Å². The van der Waals surface area contributed by atoms with E-state index in [9.17, 15) is 20.0 Å². The molecular weight excluding hydrogens is 405 g/mol. The van der Waals surface area contributed by atoms with Gasteiger partial charge in [-0.2, -0.15) is 0 Å². The van der Waals surface area contributed by atoms with E-state index in [1.54, 1.807) is 23.1 Å². The van der Waals surface area contributed by atoms with Crippen molar-refractivity contribution in [3.63, 3.8) is 0 Å². The average Bonchev–Trinajstić information content (AvgIpc) is 3.20. The summed E-state index contributed by atoms with van der Waals surface area (Å²) in [6.07, 6.45) is 0.791. The summed E-state index contributed by atoms with van der Waals surface area (Å²) < 4.78 is 0. The zero-order valence-electron chi connectivity index (χ0n) is 14.9. The highest BCUT2D eigenvalue weighted by atomic mass is 35.5. The minimum atomic E-state index is -0.992. The number of carbonyl (C=O) groups excluding carboxylic acids is 1. The lowest BCUT2D eigenvalue weighted by Crippen LogP contribution is -2.28. The lowest BCUT2D eigenvalue weighted by Gasteiger charge is -2.18. The smallest absolute Gasteiger partial charge is 0.282 e. The molecule has 7 nitrogen and oxygen atoms in total. The number of halogens is 2. The molecule has 3 rings (SSSR count). The van der Waals surface area contributed by atoms with E-state index in [-0.39, 0.29) is 23.7 Å². The Morgan fingerprint density at radius 3 is 2.46 bits per heavy atom. The van der Waals surface area contributed by atoms with Gasteiger partial charge in [-0.05, 0) is 37.1 Å². The van der Waals surface area contributed by atoms with Crippen LogP contribution in [0.2, 0.25) is 10.0 Å². The SMILES string of the molecule is O=C(c1cc(NCC(O)c2c(Cl)cccc2Cl)ccc1[N+](=O)[O-])N1CCCC1. The molecule has 0 saturated carbocycles. The first-order chi connectivity index (χ1) is 13.4. The first-order valence-electron chi connectivity index (χ1n) is 8.82. The number of aliphatic hydroxyl groups is 1. The second kappa shape index (κ2) is 8.77. The van der Waals surface area contributed by atoms with Gasteiger partial charge in [0, 0.05) is 47.0 Å². The van der Waals surface area contributed by atoms with Crippen molar-refractivity contribution in [2.75, 3.05) is 25.0 Å². The van der Waals surface area contributed by atoms with Gasteiger partial charge in [0.1, 0.15) is 5.56 Å². The summed E-state index contributed by atoms with van der Waals surface area (Å²) in [6.45, 7) is 1.26. The molecule has 1 heterocycles. The van der Waals surface area contributed by atoms with Crippen LogP contribution in [0.5, 0.6) is 0 Å². The summed E-state index contributed by atoms with van der Waals surface area (Å²) in [5, 5.41) is 25.4. The Balaban J connectivity index is 1.80. The molecule has 1 aliphatic heterocycles. The van der Waals surface area contributed by atoms with Crippen molar-refractivity contribution in [2.45, 2.75) is 18.9 Å². The summed E-state index contributed by atoms with van der Waals surface area (Å²) in [7, 11) is 0. The fraction of sp³-hybridized carbons (Fsp3) is 0.316. The predicted molar refractivity (Wildman–Crippen MR) is 108 cm³/mol. The minimum absolute atomic E-state index is 0.0298. The number of amides is 1. The fourth-order valence-electron chi connectivity index (χ4n) is 3.21. The maximum atomic E-state index is 12.7. The van der Waals surface area contributed by atoms with Crippen molar-refractivity contribution in [2.24, 2.45) is 0 Å². The fourth-order valence-corrected chi connectivity index (χ4v) is 3.86. The number of nitro benzene ring substituents is 1. The van der Waals surface area contributed by atoms with Crippen molar-refractivity contribution >= 4 is 40.5 Å². The number of anilines is 1. The number of nitrogens with zero attached hydrogens (tertiary/aromatic N) is 2. The van der Waals surface area contributed by atoms with E-state index in [1.807, 2.05) is 0 Å². The quantitative estimate of drug-likeness (QED) is 0.533. The van der Waals surface area contributed by atoms with Gasteiger partial charge in [-0.15, -0.1) is 0 Å². The molecule has 1 fully saturated rings. The largest absolute Gasteiger partial charge is 0.386 e. The van der Waals surface area contributed by atoms with E-state index in [0.717, 1.165) is 12.8 Å². The van der Waals surface area contributed by atoms with Gasteiger partial charge < -0.3 is 15.3 Å². The molecule has 1 amide bonds. The molecule has 2 N–H and O–H groups in total. The van der Waals surface area contributed by atoms with Crippen molar-refractivity contribution in [3.05, 3.63) is 67.7 Å². The van der Waals surface area contributed by atoms with Crippen LogP contribution >= 0.6 is 23.2 Å². The summed E-state index contributed by atoms with van der Waals surface area (Å²) in [6, 6.07) is 9.18. The number of likely N-dealkylation sites (tertiary alicyclic amines) is 1. The number of aliphatic hydroxyl groups excluding tert-OH is 1. The molecular formula is C19H19Cl2N3O4. The Morgan fingerprint density at radius 1 is 1.21 bits per heavy atom. The van der Waals surface area contributed by atoms with Crippen molar-refractivity contribution in [3.8, 4) is 0 Å². The molecule has 1 atom stereocenters. The Morgan fingerprint density at radius 2 is 1.86 bits per heavy atom. The highest BCUT2D eigenvalue weighted by molar-refractivity contribution is 6.36. The lowest BCUT2D eigenvalue weighted by molar-refractivity contribution is -0.385. The van der Waals surface area contributed by atoms with Crippen LogP contribution in [0.15, 0.2) is 36.4 Å². The zero-order chi connectivity index (χ0) is 20.3. The number of benzene rings is 2. The lowest BCUT2D eigenvalue weighted by atomic mass is 10.1. The second-order valence-electron chi connectivity index (χ2n) is 6.52. The van der Waals surface area contributed by atoms with Gasteiger partial charge in [0.2, 0.25) is 0 Å². The molecule has 9 heteroatoms. The number of hydrogen-bond donors (Lipinski definition) is 2. The second-order valence-corrected chi connectivity index (χ2v) is 7.33. The van der Waals surface area contributed by atoms with Crippen LogP contribution in [0, 0.1) is 10.1 Å². The number of carbonyl (C=O) groups is 1. The van der Waals surface area contributed by atoms with E-state index < -0.39 is 11.0 Å². The normalized spacial score (nSPS) is 14.8. The van der Waals surface area contributed by atoms with E-state index in [1.165, 1.54) is 18.2 Å². The van der Waals surface area contributed by atoms with Crippen LogP contribution < -0.4 is 5.32 Å². The summed E-state index contributed by atoms with van der Waals surface area (Å²) >= 11 is 12.2. The average molecular weight is 424 g/mol. The summed E-state index contributed by atoms with van der Waals surface area (Å²) in [5.74, 6) is -0.359. The van der Waals surface area contributed by atoms with Gasteiger partial charge >= 0.3 is 0 Å². The maximum absolute atomic E-state index is 12.7. The van der Waals surface area contributed by atoms with Gasteiger partial charge in [0.15, 0.2) is 0 Å². The standard InChI is InChI=1S/C19H19Cl2N3O4/c20-14-4-3-5-15(21)18(14)17(25)11-22-12-6-7-16(24(27)28)13(10-12)19(26)23-8-1-2-9-23/h3-7,10,17,22,25H,1-2,8-9,11H2. The third kappa shape index (κ3) is 4.38. The Kier molecular flexibility index (Phi) is 6.39. The highest BCUT2D eigenvalue weighted by Gasteiger charge is 2.27. The summed E-state index contributed by atoms with van der Waals surface area (Å²) in [4.78, 5) is 25.1. The monoisotopic (exact) mass is 423 g/mol. The molecule has 0 radical (unpaired) electrons. The van der Waals surface area contributed by atoms with Gasteiger partial charge in [-0.3, -0.25) is 14.9 Å². The molecule has 28 heavy (non-hydrogen) atoms. The number of nitro groups is 1. The molecule has 0 aliphatic carbocycles. The van der Waals surface area contributed by atoms with E-state index >= 15 is 0 Å².